The van der Waals surface area contributed by atoms with Crippen molar-refractivity contribution in [3.63, 3.8) is 0 Å². The highest BCUT2D eigenvalue weighted by Gasteiger charge is 2.46. The summed E-state index contributed by atoms with van der Waals surface area (Å²) in [7, 11) is -1.91. The molecule has 0 radical (unpaired) electrons. The van der Waals surface area contributed by atoms with Gasteiger partial charge in [-0.05, 0) is 41.6 Å². The Morgan fingerprint density at radius 1 is 0.962 bits per heavy atom. The first-order valence-corrected chi connectivity index (χ1v) is 11.9. The molecule has 0 spiro atoms. The Balaban J connectivity index is 2.41. The van der Waals surface area contributed by atoms with Crippen LogP contribution in [0.15, 0.2) is 42.7 Å². The molecule has 0 atom stereocenters. The normalized spacial score (nSPS) is 11.9. The lowest BCUT2D eigenvalue weighted by Gasteiger charge is -2.42. The number of hydrogen-bond acceptors (Lipinski definition) is 3. The summed E-state index contributed by atoms with van der Waals surface area (Å²) in [6, 6.07) is 9.10. The molecule has 0 unspecified atom stereocenters. The Kier molecular flexibility index (Phi) is 9.13. The van der Waals surface area contributed by atoms with Gasteiger partial charge in [-0.25, -0.2) is 4.79 Å². The van der Waals surface area contributed by atoms with Crippen molar-refractivity contribution in [2.24, 2.45) is 0 Å². The van der Waals surface area contributed by atoms with E-state index in [9.17, 15) is 4.79 Å². The maximum atomic E-state index is 11.9. The second-order valence-corrected chi connectivity index (χ2v) is 13.3. The number of allylic oxidation sites excluding steroid dienone is 1. The van der Waals surface area contributed by atoms with Crippen molar-refractivity contribution in [3.8, 4) is 0 Å². The van der Waals surface area contributed by atoms with Crippen LogP contribution in [0.25, 0.3) is 0 Å². The Hall–Kier alpha value is -1.55. The molecule has 0 aromatic heterocycles. The fourth-order valence-corrected chi connectivity index (χ4v) is 9.21. The van der Waals surface area contributed by atoms with Crippen molar-refractivity contribution in [2.45, 2.75) is 77.4 Å². The quantitative estimate of drug-likeness (QED) is 0.186. The molecule has 0 bridgehead atoms. The number of ether oxygens (including phenoxy) is 1. The number of rotatable bonds is 11. The summed E-state index contributed by atoms with van der Waals surface area (Å²) in [4.78, 5) is 11.9. The van der Waals surface area contributed by atoms with Crippen molar-refractivity contribution < 1.29 is 14.0 Å². The zero-order valence-electron chi connectivity index (χ0n) is 17.4. The second-order valence-electron chi connectivity index (χ2n) is 7.92. The van der Waals surface area contributed by atoms with Gasteiger partial charge >= 0.3 is 5.97 Å². The maximum Gasteiger partial charge on any atom is 0.338 e. The number of carbonyl (C=O) groups excluding carboxylic acids is 1. The van der Waals surface area contributed by atoms with Gasteiger partial charge in [-0.2, -0.15) is 0 Å². The molecule has 0 saturated heterocycles. The molecule has 0 aliphatic rings. The molecule has 0 N–H and O–H groups in total. The molecule has 1 aromatic carbocycles. The minimum atomic E-state index is -1.91. The first kappa shape index (κ1) is 22.5. The Bertz CT molecular complexity index is 542. The lowest BCUT2D eigenvalue weighted by Crippen LogP contribution is -2.47. The van der Waals surface area contributed by atoms with Gasteiger partial charge in [-0.3, -0.25) is 0 Å². The van der Waals surface area contributed by atoms with Gasteiger partial charge < -0.3 is 9.16 Å². The molecular formula is C22H36O3Si. The van der Waals surface area contributed by atoms with Gasteiger partial charge in [0, 0.05) is 6.42 Å². The van der Waals surface area contributed by atoms with Crippen LogP contribution in [-0.2, 0) is 9.16 Å². The highest BCUT2D eigenvalue weighted by molar-refractivity contribution is 6.77. The third-order valence-corrected chi connectivity index (χ3v) is 11.2. The van der Waals surface area contributed by atoms with Crippen LogP contribution in [0.2, 0.25) is 16.6 Å². The molecule has 0 saturated carbocycles. The number of hydrogen-bond donors (Lipinski definition) is 0. The lowest BCUT2D eigenvalue weighted by molar-refractivity contribution is 0.0498. The van der Waals surface area contributed by atoms with Crippen LogP contribution in [0.3, 0.4) is 0 Å². The van der Waals surface area contributed by atoms with Gasteiger partial charge in [0.05, 0.1) is 17.9 Å². The monoisotopic (exact) mass is 376 g/mol. The van der Waals surface area contributed by atoms with Crippen molar-refractivity contribution in [3.05, 3.63) is 48.2 Å². The summed E-state index contributed by atoms with van der Waals surface area (Å²) in [5.41, 5.74) is 2.24. The standard InChI is InChI=1S/C22H36O3Si/c1-17(2)26(18(3)4,19(5)6)25-20(7)13-11-12-16-24-22(23)21-14-9-8-10-15-21/h8-10,14-15,17-19H,7,11-13,16H2,1-6H3. The van der Waals surface area contributed by atoms with Crippen LogP contribution >= 0.6 is 0 Å². The summed E-state index contributed by atoms with van der Waals surface area (Å²) in [5.74, 6) is 0.633. The third-order valence-electron chi connectivity index (χ3n) is 5.12. The molecule has 4 heteroatoms. The van der Waals surface area contributed by atoms with Gasteiger partial charge in [-0.1, -0.05) is 66.3 Å². The van der Waals surface area contributed by atoms with Crippen LogP contribution in [0, 0.1) is 0 Å². The molecule has 146 valence electrons. The van der Waals surface area contributed by atoms with Crippen LogP contribution in [0.1, 0.15) is 71.2 Å². The summed E-state index contributed by atoms with van der Waals surface area (Å²) in [6.07, 6.45) is 2.56. The van der Waals surface area contributed by atoms with Gasteiger partial charge in [-0.15, -0.1) is 0 Å². The lowest BCUT2D eigenvalue weighted by atomic mass is 10.2. The number of benzene rings is 1. The fraction of sp³-hybridized carbons (Fsp3) is 0.591. The Morgan fingerprint density at radius 2 is 1.50 bits per heavy atom. The van der Waals surface area contributed by atoms with E-state index < -0.39 is 8.32 Å². The zero-order chi connectivity index (χ0) is 19.7. The van der Waals surface area contributed by atoms with E-state index in [4.69, 9.17) is 9.16 Å². The van der Waals surface area contributed by atoms with Crippen molar-refractivity contribution in [1.29, 1.82) is 0 Å². The maximum absolute atomic E-state index is 11.9. The molecule has 3 nitrogen and oxygen atoms in total. The Labute approximate surface area is 160 Å². The van der Waals surface area contributed by atoms with E-state index in [0.717, 1.165) is 25.0 Å². The predicted octanol–water partition coefficient (Wildman–Crippen LogP) is 6.72. The SMILES string of the molecule is C=C(CCCCOC(=O)c1ccccc1)O[Si](C(C)C)(C(C)C)C(C)C. The molecule has 0 heterocycles. The van der Waals surface area contributed by atoms with E-state index in [-0.39, 0.29) is 5.97 Å². The largest absolute Gasteiger partial charge is 0.546 e. The average Bonchev–Trinajstić information content (AvgIpc) is 2.59. The van der Waals surface area contributed by atoms with E-state index in [2.05, 4.69) is 48.1 Å². The van der Waals surface area contributed by atoms with Gasteiger partial charge in [0.1, 0.15) is 0 Å². The second kappa shape index (κ2) is 10.6. The van der Waals surface area contributed by atoms with Crippen molar-refractivity contribution >= 4 is 14.3 Å². The smallest absolute Gasteiger partial charge is 0.338 e. The molecule has 0 fully saturated rings. The molecule has 0 amide bonds. The minimum absolute atomic E-state index is 0.258. The first-order valence-electron chi connectivity index (χ1n) is 9.80. The van der Waals surface area contributed by atoms with Crippen molar-refractivity contribution in [1.82, 2.24) is 0 Å². The molecule has 0 aliphatic heterocycles. The fourth-order valence-electron chi connectivity index (χ4n) is 3.90. The molecule has 0 aliphatic carbocycles. The van der Waals surface area contributed by atoms with E-state index in [1.807, 2.05) is 18.2 Å². The zero-order valence-corrected chi connectivity index (χ0v) is 18.4. The van der Waals surface area contributed by atoms with Gasteiger partial charge in [0.25, 0.3) is 8.32 Å². The van der Waals surface area contributed by atoms with E-state index >= 15 is 0 Å². The van der Waals surface area contributed by atoms with Gasteiger partial charge in [0.15, 0.2) is 0 Å². The van der Waals surface area contributed by atoms with Gasteiger partial charge in [0.2, 0.25) is 0 Å². The summed E-state index contributed by atoms with van der Waals surface area (Å²) >= 11 is 0. The van der Waals surface area contributed by atoms with Crippen LogP contribution in [0.5, 0.6) is 0 Å². The summed E-state index contributed by atoms with van der Waals surface area (Å²) in [6.45, 7) is 18.3. The van der Waals surface area contributed by atoms with E-state index in [1.54, 1.807) is 12.1 Å². The van der Waals surface area contributed by atoms with Crippen molar-refractivity contribution in [2.75, 3.05) is 6.61 Å². The third kappa shape index (κ3) is 6.01. The summed E-state index contributed by atoms with van der Waals surface area (Å²) in [5, 5.41) is 0. The first-order chi connectivity index (χ1) is 12.2. The minimum Gasteiger partial charge on any atom is -0.546 e. The highest BCUT2D eigenvalue weighted by Crippen LogP contribution is 2.43. The van der Waals surface area contributed by atoms with E-state index in [1.165, 1.54) is 0 Å². The average molecular weight is 377 g/mol. The molecule has 26 heavy (non-hydrogen) atoms. The molecular weight excluding hydrogens is 340 g/mol. The van der Waals surface area contributed by atoms with E-state index in [0.29, 0.717) is 28.8 Å². The molecule has 1 aromatic rings. The topological polar surface area (TPSA) is 35.5 Å². The number of esters is 1. The Morgan fingerprint density at radius 3 is 2.00 bits per heavy atom. The van der Waals surface area contributed by atoms with Crippen LogP contribution in [0.4, 0.5) is 0 Å². The highest BCUT2D eigenvalue weighted by atomic mass is 28.4. The number of unbranched alkanes of at least 4 members (excludes halogenated alkanes) is 1. The summed E-state index contributed by atoms with van der Waals surface area (Å²) < 4.78 is 11.9. The van der Waals surface area contributed by atoms with Crippen LogP contribution < -0.4 is 0 Å². The number of carbonyl (C=O) groups is 1. The molecule has 1 rings (SSSR count). The van der Waals surface area contributed by atoms with Crippen LogP contribution in [-0.4, -0.2) is 20.9 Å². The predicted molar refractivity (Wildman–Crippen MR) is 112 cm³/mol.